The summed E-state index contributed by atoms with van der Waals surface area (Å²) in [5.74, 6) is 0.752. The van der Waals surface area contributed by atoms with Crippen molar-refractivity contribution in [2.45, 2.75) is 38.3 Å². The number of amides is 1. The van der Waals surface area contributed by atoms with E-state index < -0.39 is 0 Å². The quantitative estimate of drug-likeness (QED) is 0.350. The number of thiophene rings is 1. The minimum absolute atomic E-state index is 0.135. The van der Waals surface area contributed by atoms with Gasteiger partial charge in [0.2, 0.25) is 5.91 Å². The lowest BCUT2D eigenvalue weighted by molar-refractivity contribution is -0.113. The van der Waals surface area contributed by atoms with Crippen LogP contribution in [0.3, 0.4) is 0 Å². The zero-order valence-electron chi connectivity index (χ0n) is 18.7. The summed E-state index contributed by atoms with van der Waals surface area (Å²) in [5.41, 5.74) is 2.32. The first-order valence-electron chi connectivity index (χ1n) is 10.8. The fourth-order valence-electron chi connectivity index (χ4n) is 3.87. The molecular weight excluding hydrogens is 480 g/mol. The third-order valence-corrected chi connectivity index (χ3v) is 8.05. The Labute approximate surface area is 205 Å². The number of nitrogens with one attached hydrogen (secondary N) is 1. The first-order chi connectivity index (χ1) is 15.9. The van der Waals surface area contributed by atoms with Gasteiger partial charge < -0.3 is 14.6 Å². The molecule has 2 heterocycles. The van der Waals surface area contributed by atoms with Gasteiger partial charge in [-0.25, -0.2) is 4.79 Å². The van der Waals surface area contributed by atoms with Crippen molar-refractivity contribution in [2.75, 3.05) is 17.7 Å². The van der Waals surface area contributed by atoms with Crippen molar-refractivity contribution < 1.29 is 14.3 Å². The van der Waals surface area contributed by atoms with Crippen LogP contribution in [0.5, 0.6) is 0 Å². The van der Waals surface area contributed by atoms with Crippen molar-refractivity contribution in [2.24, 2.45) is 13.0 Å². The molecule has 1 N–H and O–H groups in total. The number of nitrogens with zero attached hydrogens (tertiary/aromatic N) is 3. The summed E-state index contributed by atoms with van der Waals surface area (Å²) >= 11 is 9.05. The molecule has 1 aromatic carbocycles. The molecule has 1 aliphatic rings. The number of ether oxygens (including phenoxy) is 1. The highest BCUT2D eigenvalue weighted by Crippen LogP contribution is 2.40. The second-order valence-electron chi connectivity index (χ2n) is 7.96. The van der Waals surface area contributed by atoms with Crippen molar-refractivity contribution in [1.82, 2.24) is 14.8 Å². The molecule has 4 rings (SSSR count). The van der Waals surface area contributed by atoms with Gasteiger partial charge >= 0.3 is 5.97 Å². The van der Waals surface area contributed by atoms with E-state index in [2.05, 4.69) is 22.4 Å². The van der Waals surface area contributed by atoms with Crippen LogP contribution in [0.25, 0.3) is 11.4 Å². The van der Waals surface area contributed by atoms with E-state index in [1.165, 1.54) is 23.1 Å². The van der Waals surface area contributed by atoms with Crippen molar-refractivity contribution >= 4 is 51.6 Å². The topological polar surface area (TPSA) is 86.1 Å². The fraction of sp³-hybridized carbons (Fsp3) is 0.391. The van der Waals surface area contributed by atoms with E-state index in [-0.39, 0.29) is 17.6 Å². The summed E-state index contributed by atoms with van der Waals surface area (Å²) in [5, 5.41) is 13.1. The molecule has 0 fully saturated rings. The van der Waals surface area contributed by atoms with Gasteiger partial charge in [-0.15, -0.1) is 21.5 Å². The van der Waals surface area contributed by atoms with Crippen LogP contribution in [-0.4, -0.2) is 39.0 Å². The van der Waals surface area contributed by atoms with E-state index in [0.717, 1.165) is 35.3 Å². The molecular formula is C23H25ClN4O3S2. The predicted octanol–water partition coefficient (Wildman–Crippen LogP) is 5.23. The van der Waals surface area contributed by atoms with E-state index in [4.69, 9.17) is 16.3 Å². The van der Waals surface area contributed by atoms with Crippen molar-refractivity contribution in [1.29, 1.82) is 0 Å². The highest BCUT2D eigenvalue weighted by Gasteiger charge is 2.29. The summed E-state index contributed by atoms with van der Waals surface area (Å²) in [4.78, 5) is 26.6. The van der Waals surface area contributed by atoms with E-state index in [1.54, 1.807) is 13.0 Å². The monoisotopic (exact) mass is 504 g/mol. The van der Waals surface area contributed by atoms with Gasteiger partial charge in [0, 0.05) is 17.5 Å². The Morgan fingerprint density at radius 3 is 2.88 bits per heavy atom. The number of rotatable bonds is 7. The molecule has 0 bridgehead atoms. The number of halogens is 1. The van der Waals surface area contributed by atoms with Gasteiger partial charge in [0.1, 0.15) is 5.00 Å². The second kappa shape index (κ2) is 10.3. The first-order valence-corrected chi connectivity index (χ1v) is 13.0. The zero-order chi connectivity index (χ0) is 23.5. The van der Waals surface area contributed by atoms with E-state index in [0.29, 0.717) is 39.1 Å². The fourth-order valence-corrected chi connectivity index (χ4v) is 6.21. The van der Waals surface area contributed by atoms with Crippen molar-refractivity contribution in [3.8, 4) is 11.4 Å². The number of aromatic nitrogens is 3. The van der Waals surface area contributed by atoms with Crippen molar-refractivity contribution in [3.63, 3.8) is 0 Å². The van der Waals surface area contributed by atoms with Crippen LogP contribution in [0.1, 0.15) is 41.1 Å². The summed E-state index contributed by atoms with van der Waals surface area (Å²) in [6, 6.07) is 7.42. The van der Waals surface area contributed by atoms with Gasteiger partial charge in [-0.1, -0.05) is 42.4 Å². The lowest BCUT2D eigenvalue weighted by Gasteiger charge is -2.18. The maximum Gasteiger partial charge on any atom is 0.341 e. The van der Waals surface area contributed by atoms with Gasteiger partial charge in [-0.3, -0.25) is 4.79 Å². The summed E-state index contributed by atoms with van der Waals surface area (Å²) in [6.07, 6.45) is 2.77. The number of fused-ring (bicyclic) bond motifs is 1. The van der Waals surface area contributed by atoms with Gasteiger partial charge in [0.15, 0.2) is 11.0 Å². The largest absolute Gasteiger partial charge is 0.462 e. The number of hydrogen-bond donors (Lipinski definition) is 1. The number of hydrogen-bond acceptors (Lipinski definition) is 7. The van der Waals surface area contributed by atoms with Crippen LogP contribution >= 0.6 is 34.7 Å². The molecule has 2 aromatic heterocycles. The lowest BCUT2D eigenvalue weighted by Crippen LogP contribution is -2.18. The molecule has 3 aromatic rings. The average Bonchev–Trinajstić information content (AvgIpc) is 3.32. The number of anilines is 1. The summed E-state index contributed by atoms with van der Waals surface area (Å²) < 4.78 is 7.09. The van der Waals surface area contributed by atoms with Crippen LogP contribution in [0.4, 0.5) is 5.00 Å². The molecule has 0 saturated carbocycles. The Morgan fingerprint density at radius 1 is 1.33 bits per heavy atom. The number of carbonyl (C=O) groups is 2. The summed E-state index contributed by atoms with van der Waals surface area (Å²) in [7, 11) is 1.84. The Morgan fingerprint density at radius 2 is 2.12 bits per heavy atom. The second-order valence-corrected chi connectivity index (χ2v) is 10.4. The molecule has 1 unspecified atom stereocenters. The predicted molar refractivity (Wildman–Crippen MR) is 132 cm³/mol. The van der Waals surface area contributed by atoms with Gasteiger partial charge in [-0.2, -0.15) is 0 Å². The molecule has 1 amide bonds. The third-order valence-electron chi connectivity index (χ3n) is 5.53. The van der Waals surface area contributed by atoms with Crippen LogP contribution < -0.4 is 5.32 Å². The lowest BCUT2D eigenvalue weighted by atomic mass is 9.88. The smallest absolute Gasteiger partial charge is 0.341 e. The molecule has 0 saturated heterocycles. The Hall–Kier alpha value is -2.36. The third kappa shape index (κ3) is 5.10. The normalized spacial score (nSPS) is 15.2. The maximum atomic E-state index is 12.8. The van der Waals surface area contributed by atoms with Crippen LogP contribution in [-0.2, 0) is 29.4 Å². The number of esters is 1. The molecule has 7 nitrogen and oxygen atoms in total. The Kier molecular flexibility index (Phi) is 7.41. The minimum atomic E-state index is -0.370. The minimum Gasteiger partial charge on any atom is -0.462 e. The van der Waals surface area contributed by atoms with Crippen LogP contribution in [0, 0.1) is 5.92 Å². The van der Waals surface area contributed by atoms with Gasteiger partial charge in [-0.05, 0) is 49.8 Å². The molecule has 0 aliphatic heterocycles. The van der Waals surface area contributed by atoms with Crippen molar-refractivity contribution in [3.05, 3.63) is 45.3 Å². The first kappa shape index (κ1) is 23.8. The number of benzene rings is 1. The highest BCUT2D eigenvalue weighted by molar-refractivity contribution is 7.99. The molecule has 1 aliphatic carbocycles. The molecule has 33 heavy (non-hydrogen) atoms. The van der Waals surface area contributed by atoms with E-state index in [9.17, 15) is 9.59 Å². The Bertz CT molecular complexity index is 1190. The zero-order valence-corrected chi connectivity index (χ0v) is 21.1. The van der Waals surface area contributed by atoms with Gasteiger partial charge in [0.25, 0.3) is 0 Å². The maximum absolute atomic E-state index is 12.8. The summed E-state index contributed by atoms with van der Waals surface area (Å²) in [6.45, 7) is 4.29. The van der Waals surface area contributed by atoms with Crippen LogP contribution in [0.2, 0.25) is 5.02 Å². The number of carbonyl (C=O) groups excluding carboxylic acids is 2. The van der Waals surface area contributed by atoms with E-state index in [1.807, 2.05) is 29.8 Å². The molecule has 0 spiro atoms. The van der Waals surface area contributed by atoms with Gasteiger partial charge in [0.05, 0.1) is 22.9 Å². The molecule has 174 valence electrons. The van der Waals surface area contributed by atoms with E-state index >= 15 is 0 Å². The molecule has 1 atom stereocenters. The standard InChI is InChI=1S/C23H25ClN4O3S2/c1-4-31-22(30)19-15-10-9-13(2)11-17(15)33-21(19)25-18(29)12-32-23-27-26-20(28(23)3)14-7-5-6-8-16(14)24/h5-8,13H,4,9-12H2,1-3H3,(H,25,29). The molecule has 0 radical (unpaired) electrons. The molecule has 10 heteroatoms. The van der Waals surface area contributed by atoms with Crippen LogP contribution in [0.15, 0.2) is 29.4 Å². The Balaban J connectivity index is 1.48. The average molecular weight is 505 g/mol. The highest BCUT2D eigenvalue weighted by atomic mass is 35.5. The number of thioether (sulfide) groups is 1. The SMILES string of the molecule is CCOC(=O)c1c(NC(=O)CSc2nnc(-c3ccccc3Cl)n2C)sc2c1CCC(C)C2.